The van der Waals surface area contributed by atoms with Crippen molar-refractivity contribution in [2.45, 2.75) is 0 Å². The Morgan fingerprint density at radius 2 is 0.696 bits per heavy atom. The molecule has 0 saturated heterocycles. The minimum atomic E-state index is 0.540. The number of hydrogen-bond acceptors (Lipinski definition) is 3. The fraction of sp³-hybridized carbons (Fsp3) is 0. The SMILES string of the molecule is c1ccc(-c2nc(-c3cccc4c3c3ccccc3n4-c3ccccc3)nc(-n3c4ccccc4c4ccc5c6ccccc6n(-c6c(-c7ccccc7)cccc6-c6ccccc6)c5c43)n2)cc1. The van der Waals surface area contributed by atoms with Gasteiger partial charge in [0.2, 0.25) is 5.95 Å². The molecule has 0 aliphatic carbocycles. The summed E-state index contributed by atoms with van der Waals surface area (Å²) < 4.78 is 7.14. The van der Waals surface area contributed by atoms with Crippen LogP contribution in [-0.4, -0.2) is 28.7 Å². The van der Waals surface area contributed by atoms with Gasteiger partial charge in [-0.2, -0.15) is 9.97 Å². The van der Waals surface area contributed by atoms with E-state index in [4.69, 9.17) is 15.0 Å². The first-order valence-corrected chi connectivity index (χ1v) is 23.4. The predicted octanol–water partition coefficient (Wildman–Crippen LogP) is 15.8. The van der Waals surface area contributed by atoms with Crippen molar-refractivity contribution in [2.24, 2.45) is 0 Å². The molecule has 10 aromatic carbocycles. The fourth-order valence-electron chi connectivity index (χ4n) is 10.8. The molecule has 0 bridgehead atoms. The Balaban J connectivity index is 1.14. The number of aromatic nitrogens is 6. The van der Waals surface area contributed by atoms with Crippen LogP contribution in [0.1, 0.15) is 0 Å². The average molecular weight is 881 g/mol. The van der Waals surface area contributed by atoms with Crippen LogP contribution in [0.2, 0.25) is 0 Å². The van der Waals surface area contributed by atoms with Crippen LogP contribution in [0.25, 0.3) is 128 Å². The third-order valence-electron chi connectivity index (χ3n) is 13.7. The summed E-state index contributed by atoms with van der Waals surface area (Å²) in [5.41, 5.74) is 15.0. The van der Waals surface area contributed by atoms with Crippen LogP contribution in [0.15, 0.2) is 243 Å². The first-order chi connectivity index (χ1) is 34.3. The fourth-order valence-corrected chi connectivity index (χ4v) is 10.8. The summed E-state index contributed by atoms with van der Waals surface area (Å²) in [5, 5.41) is 6.74. The molecule has 0 aliphatic heterocycles. The number of hydrogen-bond donors (Lipinski definition) is 0. The van der Waals surface area contributed by atoms with Gasteiger partial charge in [-0.15, -0.1) is 0 Å². The highest BCUT2D eigenvalue weighted by Crippen LogP contribution is 2.46. The van der Waals surface area contributed by atoms with Crippen molar-refractivity contribution in [2.75, 3.05) is 0 Å². The highest BCUT2D eigenvalue weighted by Gasteiger charge is 2.27. The van der Waals surface area contributed by atoms with Crippen LogP contribution in [0.3, 0.4) is 0 Å². The van der Waals surface area contributed by atoms with Gasteiger partial charge in [-0.05, 0) is 47.5 Å². The summed E-state index contributed by atoms with van der Waals surface area (Å²) in [7, 11) is 0. The zero-order chi connectivity index (χ0) is 45.4. The monoisotopic (exact) mass is 880 g/mol. The summed E-state index contributed by atoms with van der Waals surface area (Å²) >= 11 is 0. The van der Waals surface area contributed by atoms with Gasteiger partial charge >= 0.3 is 0 Å². The van der Waals surface area contributed by atoms with E-state index in [-0.39, 0.29) is 0 Å². The highest BCUT2D eigenvalue weighted by molar-refractivity contribution is 6.24. The van der Waals surface area contributed by atoms with Crippen molar-refractivity contribution in [3.8, 4) is 62.4 Å². The molecule has 0 aliphatic rings. The number of rotatable bonds is 7. The van der Waals surface area contributed by atoms with Gasteiger partial charge in [0.25, 0.3) is 0 Å². The van der Waals surface area contributed by atoms with E-state index in [2.05, 4.69) is 238 Å². The van der Waals surface area contributed by atoms with E-state index in [1.54, 1.807) is 0 Å². The Kier molecular flexibility index (Phi) is 8.79. The Labute approximate surface area is 397 Å². The molecule has 14 rings (SSSR count). The molecule has 6 heteroatoms. The zero-order valence-electron chi connectivity index (χ0n) is 37.3. The molecule has 0 unspecified atom stereocenters. The van der Waals surface area contributed by atoms with E-state index in [9.17, 15) is 0 Å². The van der Waals surface area contributed by atoms with Gasteiger partial charge in [0.1, 0.15) is 0 Å². The molecule has 4 aromatic heterocycles. The molecule has 322 valence electrons. The van der Waals surface area contributed by atoms with Crippen molar-refractivity contribution < 1.29 is 0 Å². The van der Waals surface area contributed by atoms with Crippen molar-refractivity contribution in [1.82, 2.24) is 28.7 Å². The van der Waals surface area contributed by atoms with Gasteiger partial charge < -0.3 is 9.13 Å². The molecule has 0 saturated carbocycles. The van der Waals surface area contributed by atoms with Crippen LogP contribution in [0.4, 0.5) is 0 Å². The smallest absolute Gasteiger partial charge is 0.238 e. The molecule has 0 spiro atoms. The van der Waals surface area contributed by atoms with Gasteiger partial charge in [0.05, 0.1) is 38.8 Å². The van der Waals surface area contributed by atoms with Gasteiger partial charge in [0.15, 0.2) is 11.6 Å². The average Bonchev–Trinajstić information content (AvgIpc) is 4.07. The maximum absolute atomic E-state index is 5.63. The Bertz CT molecular complexity index is 4230. The summed E-state index contributed by atoms with van der Waals surface area (Å²) in [6.45, 7) is 0. The molecule has 4 heterocycles. The van der Waals surface area contributed by atoms with Crippen molar-refractivity contribution in [1.29, 1.82) is 0 Å². The van der Waals surface area contributed by atoms with E-state index in [1.807, 2.05) is 18.2 Å². The van der Waals surface area contributed by atoms with Crippen molar-refractivity contribution >= 4 is 65.4 Å². The third-order valence-corrected chi connectivity index (χ3v) is 13.7. The quantitative estimate of drug-likeness (QED) is 0.160. The molecule has 0 fully saturated rings. The molecule has 0 N–H and O–H groups in total. The van der Waals surface area contributed by atoms with Gasteiger partial charge in [-0.1, -0.05) is 206 Å². The highest BCUT2D eigenvalue weighted by atomic mass is 15.2. The van der Waals surface area contributed by atoms with E-state index in [1.165, 1.54) is 0 Å². The minimum Gasteiger partial charge on any atom is -0.309 e. The number of benzene rings is 10. The molecule has 14 aromatic rings. The van der Waals surface area contributed by atoms with Crippen LogP contribution >= 0.6 is 0 Å². The maximum Gasteiger partial charge on any atom is 0.238 e. The lowest BCUT2D eigenvalue weighted by Crippen LogP contribution is -2.08. The van der Waals surface area contributed by atoms with E-state index < -0.39 is 0 Å². The number of para-hydroxylation sites is 5. The van der Waals surface area contributed by atoms with Gasteiger partial charge in [-0.25, -0.2) is 4.98 Å². The Hall–Kier alpha value is -9.39. The zero-order valence-corrected chi connectivity index (χ0v) is 37.3. The first kappa shape index (κ1) is 38.8. The Morgan fingerprint density at radius 1 is 0.261 bits per heavy atom. The summed E-state index contributed by atoms with van der Waals surface area (Å²) in [4.78, 5) is 16.5. The summed E-state index contributed by atoms with van der Waals surface area (Å²) in [5.74, 6) is 1.73. The molecular formula is C63H40N6. The summed E-state index contributed by atoms with van der Waals surface area (Å²) in [6, 6.07) is 86.2. The minimum absolute atomic E-state index is 0.540. The standard InChI is InChI=1S/C63H40N6/c1-5-21-41(22-6-1)45-32-19-33-46(42-23-7-2-8-24-42)58(45)68-53-35-16-13-29-47(53)49-39-40-50-48-30-14-17-36-54(48)69(60(50)59(49)68)63-65-61(43-25-9-3-10-26-43)64-62(66-63)52-34-20-38-56-57(52)51-31-15-18-37-55(51)67(56)44-27-11-4-12-28-44/h1-40H. The lowest BCUT2D eigenvalue weighted by atomic mass is 9.95. The van der Waals surface area contributed by atoms with Crippen LogP contribution < -0.4 is 0 Å². The van der Waals surface area contributed by atoms with E-state index in [0.29, 0.717) is 17.6 Å². The molecule has 6 nitrogen and oxygen atoms in total. The van der Waals surface area contributed by atoms with Crippen LogP contribution in [-0.2, 0) is 0 Å². The normalized spacial score (nSPS) is 11.8. The maximum atomic E-state index is 5.63. The van der Waals surface area contributed by atoms with Gasteiger partial charge in [-0.3, -0.25) is 4.57 Å². The lowest BCUT2D eigenvalue weighted by molar-refractivity contribution is 0.954. The third kappa shape index (κ3) is 6.02. The molecule has 0 amide bonds. The van der Waals surface area contributed by atoms with Crippen LogP contribution in [0.5, 0.6) is 0 Å². The second-order valence-electron chi connectivity index (χ2n) is 17.5. The lowest BCUT2D eigenvalue weighted by Gasteiger charge is -2.20. The molecule has 0 radical (unpaired) electrons. The first-order valence-electron chi connectivity index (χ1n) is 23.4. The second kappa shape index (κ2) is 15.6. The van der Waals surface area contributed by atoms with Crippen molar-refractivity contribution in [3.05, 3.63) is 243 Å². The topological polar surface area (TPSA) is 53.5 Å². The van der Waals surface area contributed by atoms with E-state index in [0.717, 1.165) is 110 Å². The van der Waals surface area contributed by atoms with Crippen molar-refractivity contribution in [3.63, 3.8) is 0 Å². The molecule has 0 atom stereocenters. The van der Waals surface area contributed by atoms with Gasteiger partial charge in [0, 0.05) is 60.3 Å². The summed E-state index contributed by atoms with van der Waals surface area (Å²) in [6.07, 6.45) is 0. The van der Waals surface area contributed by atoms with E-state index >= 15 is 0 Å². The second-order valence-corrected chi connectivity index (χ2v) is 17.5. The molecule has 69 heavy (non-hydrogen) atoms. The number of fused-ring (bicyclic) bond motifs is 10. The largest absolute Gasteiger partial charge is 0.309 e. The van der Waals surface area contributed by atoms with Crippen LogP contribution in [0, 0.1) is 0 Å². The molecular weight excluding hydrogens is 841 g/mol. The predicted molar refractivity (Wildman–Crippen MR) is 285 cm³/mol. The Morgan fingerprint density at radius 3 is 1.30 bits per heavy atom. The number of nitrogens with zero attached hydrogens (tertiary/aromatic N) is 6.